The van der Waals surface area contributed by atoms with Gasteiger partial charge in [0.1, 0.15) is 5.60 Å². The third-order valence-electron chi connectivity index (χ3n) is 2.65. The average molecular weight is 349 g/mol. The molecule has 7 heteroatoms. The Labute approximate surface area is 122 Å². The standard InChI is InChI=1S/C13H12BrF3N2O/c1-8(12(2,20)7-14)19-10-4-3-9(6-18)11(5-10)13(15,16)17/h3-5,19-20H,1,7H2,2H3/t12-/m0/s1. The third kappa shape index (κ3) is 3.74. The van der Waals surface area contributed by atoms with E-state index in [1.54, 1.807) is 0 Å². The zero-order valence-corrected chi connectivity index (χ0v) is 12.1. The Kier molecular flexibility index (Phi) is 4.84. The predicted octanol–water partition coefficient (Wildman–Crippen LogP) is 3.65. The van der Waals surface area contributed by atoms with Gasteiger partial charge in [-0.15, -0.1) is 0 Å². The van der Waals surface area contributed by atoms with E-state index in [1.165, 1.54) is 19.1 Å². The molecule has 0 aliphatic carbocycles. The van der Waals surface area contributed by atoms with Gasteiger partial charge in [0.15, 0.2) is 0 Å². The van der Waals surface area contributed by atoms with Crippen molar-refractivity contribution in [3.63, 3.8) is 0 Å². The fourth-order valence-corrected chi connectivity index (χ4v) is 1.68. The second-order valence-electron chi connectivity index (χ2n) is 4.38. The van der Waals surface area contributed by atoms with E-state index in [1.807, 2.05) is 0 Å². The van der Waals surface area contributed by atoms with Crippen LogP contribution in [0.1, 0.15) is 18.1 Å². The number of alkyl halides is 4. The summed E-state index contributed by atoms with van der Waals surface area (Å²) in [5, 5.41) is 21.4. The molecule has 0 amide bonds. The summed E-state index contributed by atoms with van der Waals surface area (Å²) < 4.78 is 38.4. The van der Waals surface area contributed by atoms with Gasteiger partial charge in [-0.05, 0) is 25.1 Å². The maximum atomic E-state index is 12.8. The summed E-state index contributed by atoms with van der Waals surface area (Å²) in [5.41, 5.74) is -2.56. The number of nitrogens with one attached hydrogen (secondary N) is 1. The molecule has 108 valence electrons. The minimum absolute atomic E-state index is 0.0996. The Balaban J connectivity index is 3.12. The van der Waals surface area contributed by atoms with Crippen LogP contribution in [-0.2, 0) is 6.18 Å². The van der Waals surface area contributed by atoms with E-state index in [0.717, 1.165) is 12.1 Å². The van der Waals surface area contributed by atoms with Gasteiger partial charge in [0, 0.05) is 16.7 Å². The topological polar surface area (TPSA) is 56.0 Å². The molecule has 0 aliphatic heterocycles. The van der Waals surface area contributed by atoms with Gasteiger partial charge < -0.3 is 10.4 Å². The van der Waals surface area contributed by atoms with Gasteiger partial charge in [0.05, 0.1) is 17.2 Å². The number of hydrogen-bond acceptors (Lipinski definition) is 3. The zero-order chi connectivity index (χ0) is 15.6. The minimum Gasteiger partial charge on any atom is -0.383 e. The van der Waals surface area contributed by atoms with Crippen molar-refractivity contribution in [2.24, 2.45) is 0 Å². The van der Waals surface area contributed by atoms with Crippen molar-refractivity contribution in [3.05, 3.63) is 41.6 Å². The van der Waals surface area contributed by atoms with Crippen LogP contribution in [0.5, 0.6) is 0 Å². The van der Waals surface area contributed by atoms with E-state index in [-0.39, 0.29) is 16.7 Å². The molecule has 0 aliphatic rings. The van der Waals surface area contributed by atoms with Crippen molar-refractivity contribution >= 4 is 21.6 Å². The lowest BCUT2D eigenvalue weighted by atomic mass is 10.0. The second-order valence-corrected chi connectivity index (χ2v) is 4.94. The molecule has 0 spiro atoms. The molecular formula is C13H12BrF3N2O. The highest BCUT2D eigenvalue weighted by Gasteiger charge is 2.34. The van der Waals surface area contributed by atoms with E-state index < -0.39 is 22.9 Å². The Hall–Kier alpha value is -1.52. The number of hydrogen-bond donors (Lipinski definition) is 2. The predicted molar refractivity (Wildman–Crippen MR) is 73.3 cm³/mol. The van der Waals surface area contributed by atoms with Crippen LogP contribution in [-0.4, -0.2) is 16.0 Å². The molecule has 0 heterocycles. The van der Waals surface area contributed by atoms with Crippen LogP contribution < -0.4 is 5.32 Å². The zero-order valence-electron chi connectivity index (χ0n) is 10.6. The molecule has 1 aromatic rings. The van der Waals surface area contributed by atoms with Crippen LogP contribution in [0.2, 0.25) is 0 Å². The third-order valence-corrected chi connectivity index (χ3v) is 3.74. The molecule has 0 radical (unpaired) electrons. The summed E-state index contributed by atoms with van der Waals surface area (Å²) in [6.45, 7) is 5.05. The summed E-state index contributed by atoms with van der Waals surface area (Å²) in [6, 6.07) is 4.70. The molecule has 0 fully saturated rings. The molecule has 0 bridgehead atoms. The summed E-state index contributed by atoms with van der Waals surface area (Å²) in [7, 11) is 0. The van der Waals surface area contributed by atoms with Crippen LogP contribution in [0.3, 0.4) is 0 Å². The van der Waals surface area contributed by atoms with Crippen LogP contribution >= 0.6 is 15.9 Å². The molecule has 0 aromatic heterocycles. The minimum atomic E-state index is -4.62. The lowest BCUT2D eigenvalue weighted by Gasteiger charge is -2.24. The first-order chi connectivity index (χ1) is 9.11. The van der Waals surface area contributed by atoms with E-state index in [9.17, 15) is 18.3 Å². The van der Waals surface area contributed by atoms with Crippen molar-refractivity contribution in [2.45, 2.75) is 18.7 Å². The Morgan fingerprint density at radius 3 is 2.55 bits per heavy atom. The molecular weight excluding hydrogens is 337 g/mol. The number of benzene rings is 1. The van der Waals surface area contributed by atoms with Crippen molar-refractivity contribution in [2.75, 3.05) is 10.6 Å². The molecule has 0 saturated carbocycles. The van der Waals surface area contributed by atoms with Gasteiger partial charge in [0.2, 0.25) is 0 Å². The first kappa shape index (κ1) is 16.5. The van der Waals surface area contributed by atoms with Crippen LogP contribution in [0.15, 0.2) is 30.5 Å². The molecule has 1 rings (SSSR count). The lowest BCUT2D eigenvalue weighted by Crippen LogP contribution is -2.32. The van der Waals surface area contributed by atoms with Crippen molar-refractivity contribution in [1.29, 1.82) is 5.26 Å². The monoisotopic (exact) mass is 348 g/mol. The summed E-state index contributed by atoms with van der Waals surface area (Å²) in [4.78, 5) is 0. The fraction of sp³-hybridized carbons (Fsp3) is 0.308. The molecule has 20 heavy (non-hydrogen) atoms. The van der Waals surface area contributed by atoms with Gasteiger partial charge in [0.25, 0.3) is 0 Å². The second kappa shape index (κ2) is 5.85. The number of halogens is 4. The number of nitrogens with zero attached hydrogens (tertiary/aromatic N) is 1. The maximum absolute atomic E-state index is 12.8. The molecule has 1 aromatic carbocycles. The normalized spacial score (nSPS) is 14.2. The highest BCUT2D eigenvalue weighted by Crippen LogP contribution is 2.34. The molecule has 0 saturated heterocycles. The van der Waals surface area contributed by atoms with Crippen molar-refractivity contribution in [3.8, 4) is 6.07 Å². The summed E-state index contributed by atoms with van der Waals surface area (Å²) >= 11 is 3.08. The van der Waals surface area contributed by atoms with Gasteiger partial charge in [-0.2, -0.15) is 18.4 Å². The van der Waals surface area contributed by atoms with Gasteiger partial charge >= 0.3 is 6.18 Å². The first-order valence-corrected chi connectivity index (χ1v) is 6.60. The van der Waals surface area contributed by atoms with Crippen molar-refractivity contribution in [1.82, 2.24) is 0 Å². The largest absolute Gasteiger partial charge is 0.417 e. The van der Waals surface area contributed by atoms with Gasteiger partial charge in [-0.1, -0.05) is 22.5 Å². The molecule has 1 atom stereocenters. The lowest BCUT2D eigenvalue weighted by molar-refractivity contribution is -0.137. The SMILES string of the molecule is C=C(Nc1ccc(C#N)c(C(F)(F)F)c1)[C@@](C)(O)CBr. The Bertz CT molecular complexity index is 562. The van der Waals surface area contributed by atoms with E-state index in [4.69, 9.17) is 5.26 Å². The average Bonchev–Trinajstić information content (AvgIpc) is 2.37. The van der Waals surface area contributed by atoms with E-state index in [0.29, 0.717) is 0 Å². The number of rotatable bonds is 4. The number of aliphatic hydroxyl groups is 1. The quantitative estimate of drug-likeness (QED) is 0.816. The van der Waals surface area contributed by atoms with E-state index >= 15 is 0 Å². The maximum Gasteiger partial charge on any atom is 0.417 e. The molecule has 0 unspecified atom stereocenters. The Morgan fingerprint density at radius 1 is 1.50 bits per heavy atom. The highest BCUT2D eigenvalue weighted by molar-refractivity contribution is 9.09. The highest BCUT2D eigenvalue weighted by atomic mass is 79.9. The van der Waals surface area contributed by atoms with Crippen LogP contribution in [0.4, 0.5) is 18.9 Å². The fourth-order valence-electron chi connectivity index (χ4n) is 1.34. The Morgan fingerprint density at radius 2 is 2.10 bits per heavy atom. The van der Waals surface area contributed by atoms with Crippen LogP contribution in [0, 0.1) is 11.3 Å². The van der Waals surface area contributed by atoms with E-state index in [2.05, 4.69) is 27.8 Å². The summed E-state index contributed by atoms with van der Waals surface area (Å²) in [5.74, 6) is 0. The molecule has 3 nitrogen and oxygen atoms in total. The number of anilines is 1. The smallest absolute Gasteiger partial charge is 0.383 e. The summed E-state index contributed by atoms with van der Waals surface area (Å²) in [6.07, 6.45) is -4.62. The van der Waals surface area contributed by atoms with Crippen molar-refractivity contribution < 1.29 is 18.3 Å². The first-order valence-electron chi connectivity index (χ1n) is 5.48. The number of nitriles is 1. The van der Waals surface area contributed by atoms with Gasteiger partial charge in [-0.3, -0.25) is 0 Å². The van der Waals surface area contributed by atoms with Crippen LogP contribution in [0.25, 0.3) is 0 Å². The van der Waals surface area contributed by atoms with Gasteiger partial charge in [-0.25, -0.2) is 0 Å². The molecule has 2 N–H and O–H groups in total.